The number of ether oxygens (including phenoxy) is 1. The predicted octanol–water partition coefficient (Wildman–Crippen LogP) is 3.07. The first-order chi connectivity index (χ1) is 9.23. The van der Waals surface area contributed by atoms with E-state index >= 15 is 0 Å². The van der Waals surface area contributed by atoms with Crippen LogP contribution in [-0.4, -0.2) is 29.8 Å². The number of alkyl carbamates (subject to hydrolysis) is 1. The van der Waals surface area contributed by atoms with Gasteiger partial charge < -0.3 is 15.4 Å². The first kappa shape index (κ1) is 15.6. The van der Waals surface area contributed by atoms with Gasteiger partial charge in [-0.15, -0.1) is 0 Å². The molecule has 20 heavy (non-hydrogen) atoms. The summed E-state index contributed by atoms with van der Waals surface area (Å²) >= 11 is 0. The highest BCUT2D eigenvalue weighted by molar-refractivity contribution is 5.68. The molecular weight excluding hydrogens is 252 g/mol. The summed E-state index contributed by atoms with van der Waals surface area (Å²) in [6.45, 7) is 10.3. The van der Waals surface area contributed by atoms with Crippen molar-refractivity contribution < 1.29 is 9.53 Å². The van der Waals surface area contributed by atoms with Gasteiger partial charge in [-0.25, -0.2) is 4.79 Å². The Kier molecular flexibility index (Phi) is 4.62. The van der Waals surface area contributed by atoms with Crippen LogP contribution in [0.3, 0.4) is 0 Å². The first-order valence-electron chi connectivity index (χ1n) is 7.98. The van der Waals surface area contributed by atoms with Crippen molar-refractivity contribution in [1.82, 2.24) is 10.6 Å². The molecule has 2 N–H and O–H groups in total. The van der Waals surface area contributed by atoms with Gasteiger partial charge >= 0.3 is 6.09 Å². The lowest BCUT2D eigenvalue weighted by atomic mass is 9.72. The average Bonchev–Trinajstić information content (AvgIpc) is 2.14. The summed E-state index contributed by atoms with van der Waals surface area (Å²) in [6, 6.07) is 1.56. The SMILES string of the molecule is CC(C)C1CC(NC2CC(NC(=O)OC(C)(C)C)C2)C1. The molecule has 0 spiro atoms. The average molecular weight is 282 g/mol. The van der Waals surface area contributed by atoms with Gasteiger partial charge in [-0.05, 0) is 58.3 Å². The minimum Gasteiger partial charge on any atom is -0.444 e. The Morgan fingerprint density at radius 2 is 1.60 bits per heavy atom. The number of hydrogen-bond donors (Lipinski definition) is 2. The predicted molar refractivity (Wildman–Crippen MR) is 80.7 cm³/mol. The number of carbonyl (C=O) groups is 1. The quantitative estimate of drug-likeness (QED) is 0.833. The lowest BCUT2D eigenvalue weighted by molar-refractivity contribution is 0.0452. The summed E-state index contributed by atoms with van der Waals surface area (Å²) in [5.74, 6) is 1.72. The molecule has 0 heterocycles. The summed E-state index contributed by atoms with van der Waals surface area (Å²) in [5.41, 5.74) is -0.413. The van der Waals surface area contributed by atoms with Gasteiger partial charge in [-0.2, -0.15) is 0 Å². The maximum atomic E-state index is 11.6. The Labute approximate surface area is 123 Å². The largest absolute Gasteiger partial charge is 0.444 e. The van der Waals surface area contributed by atoms with Gasteiger partial charge in [0.25, 0.3) is 0 Å². The molecule has 0 saturated heterocycles. The molecule has 2 aliphatic carbocycles. The Hall–Kier alpha value is -0.770. The molecule has 2 rings (SSSR count). The Morgan fingerprint density at radius 3 is 2.10 bits per heavy atom. The van der Waals surface area contributed by atoms with Crippen molar-refractivity contribution in [2.24, 2.45) is 11.8 Å². The van der Waals surface area contributed by atoms with E-state index in [0.29, 0.717) is 12.1 Å². The highest BCUT2D eigenvalue weighted by atomic mass is 16.6. The highest BCUT2D eigenvalue weighted by Crippen LogP contribution is 2.35. The molecule has 0 aliphatic heterocycles. The standard InChI is InChI=1S/C16H30N2O2/c1-10(2)11-6-12(7-11)17-13-8-14(9-13)18-15(19)20-16(3,4)5/h10-14,17H,6-9H2,1-5H3,(H,18,19). The Bertz CT molecular complexity index is 337. The number of nitrogens with one attached hydrogen (secondary N) is 2. The number of carbonyl (C=O) groups excluding carboxylic acids is 1. The van der Waals surface area contributed by atoms with Crippen LogP contribution in [0.2, 0.25) is 0 Å². The van der Waals surface area contributed by atoms with E-state index in [1.54, 1.807) is 0 Å². The molecule has 2 fully saturated rings. The van der Waals surface area contributed by atoms with Crippen LogP contribution in [0.1, 0.15) is 60.3 Å². The van der Waals surface area contributed by atoms with E-state index < -0.39 is 5.60 Å². The van der Waals surface area contributed by atoms with Crippen molar-refractivity contribution in [3.63, 3.8) is 0 Å². The maximum absolute atomic E-state index is 11.6. The zero-order valence-corrected chi connectivity index (χ0v) is 13.5. The van der Waals surface area contributed by atoms with Crippen molar-refractivity contribution >= 4 is 6.09 Å². The van der Waals surface area contributed by atoms with Gasteiger partial charge in [0.05, 0.1) is 0 Å². The molecule has 4 nitrogen and oxygen atoms in total. The molecule has 1 amide bonds. The van der Waals surface area contributed by atoms with Gasteiger partial charge in [0.2, 0.25) is 0 Å². The molecule has 0 atom stereocenters. The van der Waals surface area contributed by atoms with Crippen molar-refractivity contribution in [2.45, 2.75) is 84.0 Å². The summed E-state index contributed by atoms with van der Waals surface area (Å²) in [5, 5.41) is 6.64. The van der Waals surface area contributed by atoms with Crippen molar-refractivity contribution in [3.8, 4) is 0 Å². The second kappa shape index (κ2) is 5.92. The molecular formula is C16H30N2O2. The fourth-order valence-electron chi connectivity index (χ4n) is 3.02. The van der Waals surface area contributed by atoms with Crippen LogP contribution in [0.15, 0.2) is 0 Å². The van der Waals surface area contributed by atoms with Crippen LogP contribution in [0.4, 0.5) is 4.79 Å². The van der Waals surface area contributed by atoms with Crippen LogP contribution in [-0.2, 0) is 4.74 Å². The zero-order valence-electron chi connectivity index (χ0n) is 13.5. The normalized spacial score (nSPS) is 33.3. The number of hydrogen-bond acceptors (Lipinski definition) is 3. The Balaban J connectivity index is 1.56. The lowest BCUT2D eigenvalue weighted by Gasteiger charge is -2.45. The van der Waals surface area contributed by atoms with E-state index in [-0.39, 0.29) is 12.1 Å². The van der Waals surface area contributed by atoms with Crippen LogP contribution in [0.5, 0.6) is 0 Å². The van der Waals surface area contributed by atoms with E-state index in [1.165, 1.54) is 12.8 Å². The topological polar surface area (TPSA) is 50.4 Å². The van der Waals surface area contributed by atoms with Gasteiger partial charge in [0, 0.05) is 18.1 Å². The van der Waals surface area contributed by atoms with E-state index in [1.807, 2.05) is 20.8 Å². The molecule has 0 unspecified atom stereocenters. The monoisotopic (exact) mass is 282 g/mol. The minimum atomic E-state index is -0.413. The number of rotatable bonds is 4. The van der Waals surface area contributed by atoms with E-state index in [0.717, 1.165) is 24.7 Å². The summed E-state index contributed by atoms with van der Waals surface area (Å²) in [6.07, 6.45) is 4.41. The van der Waals surface area contributed by atoms with Gasteiger partial charge in [-0.3, -0.25) is 0 Å². The first-order valence-corrected chi connectivity index (χ1v) is 7.98. The fraction of sp³-hybridized carbons (Fsp3) is 0.938. The van der Waals surface area contributed by atoms with Crippen LogP contribution >= 0.6 is 0 Å². The molecule has 2 aliphatic rings. The third-order valence-corrected chi connectivity index (χ3v) is 4.45. The minimum absolute atomic E-state index is 0.281. The molecule has 2 saturated carbocycles. The molecule has 0 radical (unpaired) electrons. The van der Waals surface area contributed by atoms with Crippen molar-refractivity contribution in [1.29, 1.82) is 0 Å². The molecule has 4 heteroatoms. The second-order valence-corrected chi connectivity index (χ2v) is 7.85. The zero-order chi connectivity index (χ0) is 14.9. The van der Waals surface area contributed by atoms with Crippen LogP contribution in [0.25, 0.3) is 0 Å². The van der Waals surface area contributed by atoms with Crippen LogP contribution < -0.4 is 10.6 Å². The maximum Gasteiger partial charge on any atom is 0.407 e. The molecule has 0 aromatic carbocycles. The molecule has 0 aromatic heterocycles. The second-order valence-electron chi connectivity index (χ2n) is 7.85. The summed E-state index contributed by atoms with van der Waals surface area (Å²) in [4.78, 5) is 11.6. The molecule has 116 valence electrons. The fourth-order valence-corrected chi connectivity index (χ4v) is 3.02. The van der Waals surface area contributed by atoms with E-state index in [2.05, 4.69) is 24.5 Å². The van der Waals surface area contributed by atoms with Gasteiger partial charge in [0.15, 0.2) is 0 Å². The Morgan fingerprint density at radius 1 is 1.05 bits per heavy atom. The third kappa shape index (κ3) is 4.37. The van der Waals surface area contributed by atoms with Crippen molar-refractivity contribution in [3.05, 3.63) is 0 Å². The summed E-state index contributed by atoms with van der Waals surface area (Å²) < 4.78 is 5.26. The smallest absolute Gasteiger partial charge is 0.407 e. The van der Waals surface area contributed by atoms with E-state index in [4.69, 9.17) is 4.74 Å². The number of amides is 1. The van der Waals surface area contributed by atoms with Gasteiger partial charge in [-0.1, -0.05) is 13.8 Å². The van der Waals surface area contributed by atoms with Crippen LogP contribution in [0, 0.1) is 11.8 Å². The van der Waals surface area contributed by atoms with Gasteiger partial charge in [0.1, 0.15) is 5.60 Å². The molecule has 0 bridgehead atoms. The summed E-state index contributed by atoms with van der Waals surface area (Å²) in [7, 11) is 0. The third-order valence-electron chi connectivity index (χ3n) is 4.45. The molecule has 0 aromatic rings. The van der Waals surface area contributed by atoms with Crippen molar-refractivity contribution in [2.75, 3.05) is 0 Å². The lowest BCUT2D eigenvalue weighted by Crippen LogP contribution is -2.57. The highest BCUT2D eigenvalue weighted by Gasteiger charge is 2.37. The van der Waals surface area contributed by atoms with E-state index in [9.17, 15) is 4.79 Å².